The van der Waals surface area contributed by atoms with Crippen LogP contribution in [0.25, 0.3) is 22.2 Å². The lowest BCUT2D eigenvalue weighted by Gasteiger charge is -2.15. The first-order valence-electron chi connectivity index (χ1n) is 10.3. The molecule has 1 unspecified atom stereocenters. The molecule has 1 atom stereocenters. The number of primary amides is 1. The number of benzene rings is 3. The molecule has 0 aliphatic carbocycles. The van der Waals surface area contributed by atoms with E-state index in [-0.39, 0.29) is 0 Å². The monoisotopic (exact) mass is 439 g/mol. The molecule has 164 valence electrons. The van der Waals surface area contributed by atoms with E-state index in [4.69, 9.17) is 10.5 Å². The van der Waals surface area contributed by atoms with E-state index in [1.165, 1.54) is 19.1 Å². The summed E-state index contributed by atoms with van der Waals surface area (Å²) in [6.45, 7) is 1.49. The lowest BCUT2D eigenvalue weighted by Crippen LogP contribution is -2.30. The van der Waals surface area contributed by atoms with E-state index in [9.17, 15) is 14.4 Å². The lowest BCUT2D eigenvalue weighted by molar-refractivity contribution is -0.123. The van der Waals surface area contributed by atoms with E-state index < -0.39 is 23.9 Å². The lowest BCUT2D eigenvalue weighted by atomic mass is 10.0. The largest absolute Gasteiger partial charge is 0.449 e. The number of carbonyl (C=O) groups excluding carboxylic acids is 3. The van der Waals surface area contributed by atoms with E-state index in [2.05, 4.69) is 10.3 Å². The molecule has 3 N–H and O–H groups in total. The minimum absolute atomic E-state index is 0.324. The van der Waals surface area contributed by atoms with E-state index >= 15 is 0 Å². The van der Waals surface area contributed by atoms with Gasteiger partial charge in [-0.3, -0.25) is 9.59 Å². The highest BCUT2D eigenvalue weighted by atomic mass is 16.5. The normalized spacial score (nSPS) is 11.5. The van der Waals surface area contributed by atoms with Crippen LogP contribution in [0, 0.1) is 0 Å². The third-order valence-corrected chi connectivity index (χ3v) is 5.10. The van der Waals surface area contributed by atoms with Gasteiger partial charge in [0.05, 0.1) is 16.8 Å². The Morgan fingerprint density at radius 2 is 1.58 bits per heavy atom. The Morgan fingerprint density at radius 3 is 2.27 bits per heavy atom. The van der Waals surface area contributed by atoms with Crippen molar-refractivity contribution in [1.29, 1.82) is 0 Å². The van der Waals surface area contributed by atoms with Crippen LogP contribution in [-0.4, -0.2) is 28.9 Å². The third kappa shape index (κ3) is 4.88. The van der Waals surface area contributed by atoms with Gasteiger partial charge in [0.1, 0.15) is 0 Å². The fraction of sp³-hybridized carbons (Fsp3) is 0.0769. The minimum atomic E-state index is -1.06. The number of para-hydroxylation sites is 1. The van der Waals surface area contributed by atoms with E-state index in [0.29, 0.717) is 33.4 Å². The molecular formula is C26H21N3O4. The topological polar surface area (TPSA) is 111 Å². The quantitative estimate of drug-likeness (QED) is 0.438. The number of carbonyl (C=O) groups is 3. The van der Waals surface area contributed by atoms with Crippen LogP contribution >= 0.6 is 0 Å². The molecular weight excluding hydrogens is 418 g/mol. The first-order valence-corrected chi connectivity index (χ1v) is 10.3. The van der Waals surface area contributed by atoms with Gasteiger partial charge >= 0.3 is 5.97 Å². The smallest absolute Gasteiger partial charge is 0.339 e. The average molecular weight is 439 g/mol. The molecule has 1 heterocycles. The summed E-state index contributed by atoms with van der Waals surface area (Å²) in [5.41, 5.74) is 8.47. The summed E-state index contributed by atoms with van der Waals surface area (Å²) >= 11 is 0. The molecule has 3 aromatic carbocycles. The van der Waals surface area contributed by atoms with Gasteiger partial charge in [-0.25, -0.2) is 9.78 Å². The summed E-state index contributed by atoms with van der Waals surface area (Å²) < 4.78 is 5.48. The number of aromatic nitrogens is 1. The minimum Gasteiger partial charge on any atom is -0.449 e. The van der Waals surface area contributed by atoms with Crippen molar-refractivity contribution in [3.8, 4) is 11.3 Å². The molecule has 0 saturated heterocycles. The van der Waals surface area contributed by atoms with Crippen molar-refractivity contribution >= 4 is 34.4 Å². The predicted molar refractivity (Wildman–Crippen MR) is 126 cm³/mol. The van der Waals surface area contributed by atoms with E-state index in [1.807, 2.05) is 48.5 Å². The molecule has 1 aromatic heterocycles. The number of amides is 2. The second-order valence-electron chi connectivity index (χ2n) is 7.42. The van der Waals surface area contributed by atoms with Crippen molar-refractivity contribution in [3.05, 3.63) is 96.1 Å². The first kappa shape index (κ1) is 21.7. The second-order valence-corrected chi connectivity index (χ2v) is 7.42. The number of nitrogens with zero attached hydrogens (tertiary/aromatic N) is 1. The van der Waals surface area contributed by atoms with Gasteiger partial charge in [0, 0.05) is 22.2 Å². The van der Waals surface area contributed by atoms with Crippen molar-refractivity contribution in [1.82, 2.24) is 4.98 Å². The molecule has 2 amide bonds. The second kappa shape index (κ2) is 9.32. The summed E-state index contributed by atoms with van der Waals surface area (Å²) in [7, 11) is 0. The number of hydrogen-bond donors (Lipinski definition) is 2. The van der Waals surface area contributed by atoms with Crippen LogP contribution in [0.2, 0.25) is 0 Å². The summed E-state index contributed by atoms with van der Waals surface area (Å²) in [6, 6.07) is 24.6. The van der Waals surface area contributed by atoms with Crippen LogP contribution < -0.4 is 11.1 Å². The molecule has 0 bridgehead atoms. The molecule has 7 nitrogen and oxygen atoms in total. The number of esters is 1. The van der Waals surface area contributed by atoms with Gasteiger partial charge < -0.3 is 15.8 Å². The van der Waals surface area contributed by atoms with Gasteiger partial charge in [-0.05, 0) is 43.3 Å². The zero-order valence-electron chi connectivity index (χ0n) is 17.8. The Balaban J connectivity index is 1.55. The van der Waals surface area contributed by atoms with Gasteiger partial charge in [0.25, 0.3) is 5.91 Å². The van der Waals surface area contributed by atoms with Crippen molar-refractivity contribution < 1.29 is 19.1 Å². The van der Waals surface area contributed by atoms with E-state index in [1.54, 1.807) is 24.3 Å². The molecule has 0 spiro atoms. The molecule has 4 rings (SSSR count). The van der Waals surface area contributed by atoms with Crippen molar-refractivity contribution in [3.63, 3.8) is 0 Å². The number of anilines is 1. The Morgan fingerprint density at radius 1 is 0.909 bits per heavy atom. The molecule has 33 heavy (non-hydrogen) atoms. The van der Waals surface area contributed by atoms with Crippen LogP contribution in [0.15, 0.2) is 84.9 Å². The molecule has 7 heteroatoms. The number of fused-ring (bicyclic) bond motifs is 1. The third-order valence-electron chi connectivity index (χ3n) is 5.10. The van der Waals surface area contributed by atoms with Crippen LogP contribution in [0.5, 0.6) is 0 Å². The summed E-state index contributed by atoms with van der Waals surface area (Å²) in [5, 5.41) is 3.29. The van der Waals surface area contributed by atoms with Crippen molar-refractivity contribution in [2.75, 3.05) is 5.32 Å². The first-order chi connectivity index (χ1) is 15.9. The van der Waals surface area contributed by atoms with E-state index in [0.717, 1.165) is 5.56 Å². The molecule has 4 aromatic rings. The fourth-order valence-electron chi connectivity index (χ4n) is 3.34. The highest BCUT2D eigenvalue weighted by molar-refractivity contribution is 6.06. The Bertz CT molecular complexity index is 1340. The van der Waals surface area contributed by atoms with Crippen molar-refractivity contribution in [2.24, 2.45) is 5.73 Å². The molecule has 0 radical (unpaired) electrons. The standard InChI is InChI=1S/C26H21N3O4/c1-16(25(31)28-19-13-11-18(12-14-19)24(27)30)33-26(32)21-15-23(17-7-3-2-4-8-17)29-22-10-6-5-9-20(21)22/h2-16H,1H3,(H2,27,30)(H,28,31). The highest BCUT2D eigenvalue weighted by Crippen LogP contribution is 2.25. The molecule has 0 saturated carbocycles. The van der Waals surface area contributed by atoms with Crippen molar-refractivity contribution in [2.45, 2.75) is 13.0 Å². The highest BCUT2D eigenvalue weighted by Gasteiger charge is 2.22. The van der Waals surface area contributed by atoms with Gasteiger partial charge in [-0.2, -0.15) is 0 Å². The number of pyridine rings is 1. The Labute approximate surface area is 190 Å². The molecule has 0 aliphatic rings. The Kier molecular flexibility index (Phi) is 6.13. The Hall–Kier alpha value is -4.52. The maximum Gasteiger partial charge on any atom is 0.339 e. The average Bonchev–Trinajstić information content (AvgIpc) is 2.84. The maximum absolute atomic E-state index is 13.0. The zero-order chi connectivity index (χ0) is 23.4. The number of hydrogen-bond acceptors (Lipinski definition) is 5. The summed E-state index contributed by atoms with van der Waals surface area (Å²) in [5.74, 6) is -1.69. The van der Waals surface area contributed by atoms with Crippen LogP contribution in [-0.2, 0) is 9.53 Å². The summed E-state index contributed by atoms with van der Waals surface area (Å²) in [4.78, 5) is 41.4. The number of nitrogens with two attached hydrogens (primary N) is 1. The predicted octanol–water partition coefficient (Wildman–Crippen LogP) is 4.18. The van der Waals surface area contributed by atoms with Gasteiger partial charge in [0.2, 0.25) is 5.91 Å². The van der Waals surface area contributed by atoms with Gasteiger partial charge in [-0.1, -0.05) is 48.5 Å². The van der Waals surface area contributed by atoms with Crippen LogP contribution in [0.3, 0.4) is 0 Å². The SMILES string of the molecule is CC(OC(=O)c1cc(-c2ccccc2)nc2ccccc12)C(=O)Nc1ccc(C(N)=O)cc1. The number of rotatable bonds is 6. The summed E-state index contributed by atoms with van der Waals surface area (Å²) in [6.07, 6.45) is -1.06. The number of ether oxygens (including phenoxy) is 1. The van der Waals surface area contributed by atoms with Crippen LogP contribution in [0.1, 0.15) is 27.6 Å². The fourth-order valence-corrected chi connectivity index (χ4v) is 3.34. The maximum atomic E-state index is 13.0. The molecule has 0 fully saturated rings. The molecule has 0 aliphatic heterocycles. The number of nitrogens with one attached hydrogen (secondary N) is 1. The van der Waals surface area contributed by atoms with Gasteiger partial charge in [0.15, 0.2) is 6.10 Å². The van der Waals surface area contributed by atoms with Gasteiger partial charge in [-0.15, -0.1) is 0 Å². The van der Waals surface area contributed by atoms with Crippen LogP contribution in [0.4, 0.5) is 5.69 Å². The zero-order valence-corrected chi connectivity index (χ0v) is 17.8.